The fourth-order valence-corrected chi connectivity index (χ4v) is 2.05. The number of aliphatic hydroxyl groups is 1. The molecule has 1 N–H and O–H groups in total. The lowest BCUT2D eigenvalue weighted by Crippen LogP contribution is -1.99. The van der Waals surface area contributed by atoms with Crippen molar-refractivity contribution >= 4 is 0 Å². The van der Waals surface area contributed by atoms with Crippen LogP contribution in [0.2, 0.25) is 0 Å². The lowest BCUT2D eigenvalue weighted by atomic mass is 10.2. The molecule has 3 aromatic rings. The summed E-state index contributed by atoms with van der Waals surface area (Å²) in [6.45, 7) is 0.421. The van der Waals surface area contributed by atoms with E-state index in [0.717, 1.165) is 16.9 Å². The SMILES string of the molecule is COc1ccc(COc2ccc(-n3cc(CO)cn3)nc2)cc1. The van der Waals surface area contributed by atoms with Crippen molar-refractivity contribution in [3.63, 3.8) is 0 Å². The summed E-state index contributed by atoms with van der Waals surface area (Å²) in [6, 6.07) is 11.4. The number of pyridine rings is 1. The maximum atomic E-state index is 9.05. The Morgan fingerprint density at radius 1 is 1.00 bits per heavy atom. The summed E-state index contributed by atoms with van der Waals surface area (Å²) in [5, 5.41) is 13.2. The molecule has 0 aliphatic heterocycles. The first-order valence-corrected chi connectivity index (χ1v) is 7.15. The quantitative estimate of drug-likeness (QED) is 0.757. The molecule has 0 saturated carbocycles. The second kappa shape index (κ2) is 6.93. The summed E-state index contributed by atoms with van der Waals surface area (Å²) >= 11 is 0. The summed E-state index contributed by atoms with van der Waals surface area (Å²) in [5.74, 6) is 2.17. The number of aliphatic hydroxyl groups excluding tert-OH is 1. The Morgan fingerprint density at radius 3 is 2.39 bits per heavy atom. The average Bonchev–Trinajstić information content (AvgIpc) is 3.10. The van der Waals surface area contributed by atoms with Gasteiger partial charge in [-0.25, -0.2) is 9.67 Å². The van der Waals surface area contributed by atoms with Gasteiger partial charge in [-0.05, 0) is 29.8 Å². The van der Waals surface area contributed by atoms with Gasteiger partial charge in [-0.1, -0.05) is 12.1 Å². The molecule has 6 nitrogen and oxygen atoms in total. The Bertz CT molecular complexity index is 752. The van der Waals surface area contributed by atoms with E-state index in [9.17, 15) is 0 Å². The third-order valence-corrected chi connectivity index (χ3v) is 3.34. The second-order valence-electron chi connectivity index (χ2n) is 4.94. The van der Waals surface area contributed by atoms with Crippen LogP contribution in [0, 0.1) is 0 Å². The molecule has 0 unspecified atom stereocenters. The molecule has 0 aliphatic carbocycles. The third-order valence-electron chi connectivity index (χ3n) is 3.34. The van der Waals surface area contributed by atoms with Gasteiger partial charge in [0.15, 0.2) is 5.82 Å². The highest BCUT2D eigenvalue weighted by Crippen LogP contribution is 2.16. The lowest BCUT2D eigenvalue weighted by Gasteiger charge is -2.07. The van der Waals surface area contributed by atoms with Gasteiger partial charge in [0, 0.05) is 11.8 Å². The Balaban J connectivity index is 1.62. The van der Waals surface area contributed by atoms with Crippen LogP contribution in [0.5, 0.6) is 11.5 Å². The Hall–Kier alpha value is -2.86. The van der Waals surface area contributed by atoms with Gasteiger partial charge in [0.25, 0.3) is 0 Å². The zero-order valence-electron chi connectivity index (χ0n) is 12.7. The van der Waals surface area contributed by atoms with Crippen molar-refractivity contribution in [1.82, 2.24) is 14.8 Å². The van der Waals surface area contributed by atoms with E-state index in [-0.39, 0.29) is 6.61 Å². The van der Waals surface area contributed by atoms with Gasteiger partial charge in [-0.2, -0.15) is 5.10 Å². The van der Waals surface area contributed by atoms with E-state index in [1.54, 1.807) is 30.4 Å². The van der Waals surface area contributed by atoms with Crippen molar-refractivity contribution in [2.24, 2.45) is 0 Å². The van der Waals surface area contributed by atoms with Crippen molar-refractivity contribution in [2.45, 2.75) is 13.2 Å². The molecule has 3 rings (SSSR count). The van der Waals surface area contributed by atoms with E-state index in [1.807, 2.05) is 36.4 Å². The molecule has 0 aliphatic rings. The molecule has 1 aromatic carbocycles. The van der Waals surface area contributed by atoms with Crippen molar-refractivity contribution in [3.05, 3.63) is 66.1 Å². The first-order valence-electron chi connectivity index (χ1n) is 7.15. The number of aromatic nitrogens is 3. The summed E-state index contributed by atoms with van der Waals surface area (Å²) in [5.41, 5.74) is 1.79. The molecule has 0 saturated heterocycles. The summed E-state index contributed by atoms with van der Waals surface area (Å²) in [7, 11) is 1.64. The lowest BCUT2D eigenvalue weighted by molar-refractivity contribution is 0.282. The smallest absolute Gasteiger partial charge is 0.153 e. The van der Waals surface area contributed by atoms with E-state index in [2.05, 4.69) is 10.1 Å². The number of ether oxygens (including phenoxy) is 2. The van der Waals surface area contributed by atoms with Gasteiger partial charge in [0.1, 0.15) is 18.1 Å². The Morgan fingerprint density at radius 2 is 1.78 bits per heavy atom. The predicted molar refractivity (Wildman–Crippen MR) is 84.6 cm³/mol. The molecular weight excluding hydrogens is 294 g/mol. The summed E-state index contributed by atoms with van der Waals surface area (Å²) in [4.78, 5) is 4.31. The number of benzene rings is 1. The molecule has 2 heterocycles. The minimum absolute atomic E-state index is 0.0386. The van der Waals surface area contributed by atoms with E-state index in [4.69, 9.17) is 14.6 Å². The average molecular weight is 311 g/mol. The van der Waals surface area contributed by atoms with Crippen molar-refractivity contribution < 1.29 is 14.6 Å². The number of hydrogen-bond acceptors (Lipinski definition) is 5. The van der Waals surface area contributed by atoms with Crippen LogP contribution < -0.4 is 9.47 Å². The molecule has 2 aromatic heterocycles. The topological polar surface area (TPSA) is 69.4 Å². The van der Waals surface area contributed by atoms with Crippen molar-refractivity contribution in [2.75, 3.05) is 7.11 Å². The molecule has 6 heteroatoms. The zero-order chi connectivity index (χ0) is 16.1. The molecule has 0 radical (unpaired) electrons. The number of nitrogens with zero attached hydrogens (tertiary/aromatic N) is 3. The first kappa shape index (κ1) is 15.1. The Labute approximate surface area is 133 Å². The standard InChI is InChI=1S/C17H17N3O3/c1-22-15-4-2-13(3-5-15)12-23-16-6-7-17(18-9-16)20-10-14(11-21)8-19-20/h2-10,21H,11-12H2,1H3. The predicted octanol–water partition coefficient (Wildman–Crippen LogP) is 2.35. The van der Waals surface area contributed by atoms with Crippen LogP contribution in [0.25, 0.3) is 5.82 Å². The van der Waals surface area contributed by atoms with Gasteiger partial charge in [-0.15, -0.1) is 0 Å². The maximum absolute atomic E-state index is 9.05. The van der Waals surface area contributed by atoms with E-state index in [1.165, 1.54) is 0 Å². The minimum atomic E-state index is -0.0386. The van der Waals surface area contributed by atoms with Crippen LogP contribution in [0.4, 0.5) is 0 Å². The molecule has 0 spiro atoms. The minimum Gasteiger partial charge on any atom is -0.497 e. The van der Waals surface area contributed by atoms with Crippen LogP contribution in [0.3, 0.4) is 0 Å². The van der Waals surface area contributed by atoms with Crippen LogP contribution in [0.1, 0.15) is 11.1 Å². The second-order valence-corrected chi connectivity index (χ2v) is 4.94. The van der Waals surface area contributed by atoms with E-state index >= 15 is 0 Å². The van der Waals surface area contributed by atoms with Crippen LogP contribution in [-0.4, -0.2) is 27.0 Å². The van der Waals surface area contributed by atoms with Gasteiger partial charge >= 0.3 is 0 Å². The number of hydrogen-bond donors (Lipinski definition) is 1. The monoisotopic (exact) mass is 311 g/mol. The van der Waals surface area contributed by atoms with Crippen molar-refractivity contribution in [3.8, 4) is 17.3 Å². The fraction of sp³-hybridized carbons (Fsp3) is 0.176. The molecule has 118 valence electrons. The Kier molecular flexibility index (Phi) is 4.54. The van der Waals surface area contributed by atoms with Crippen LogP contribution in [-0.2, 0) is 13.2 Å². The van der Waals surface area contributed by atoms with Gasteiger partial charge in [-0.3, -0.25) is 0 Å². The highest BCUT2D eigenvalue weighted by atomic mass is 16.5. The van der Waals surface area contributed by atoms with Gasteiger partial charge in [0.2, 0.25) is 0 Å². The normalized spacial score (nSPS) is 10.5. The first-order chi connectivity index (χ1) is 11.3. The third kappa shape index (κ3) is 3.67. The van der Waals surface area contributed by atoms with Crippen LogP contribution >= 0.6 is 0 Å². The highest BCUT2D eigenvalue weighted by Gasteiger charge is 2.03. The molecular formula is C17H17N3O3. The number of rotatable bonds is 6. The summed E-state index contributed by atoms with van der Waals surface area (Å²) < 4.78 is 12.4. The zero-order valence-corrected chi connectivity index (χ0v) is 12.7. The molecule has 0 bridgehead atoms. The molecule has 0 atom stereocenters. The van der Waals surface area contributed by atoms with Crippen molar-refractivity contribution in [1.29, 1.82) is 0 Å². The largest absolute Gasteiger partial charge is 0.497 e. The summed E-state index contributed by atoms with van der Waals surface area (Å²) in [6.07, 6.45) is 5.00. The molecule has 0 amide bonds. The van der Waals surface area contributed by atoms with E-state index < -0.39 is 0 Å². The molecule has 0 fully saturated rings. The molecule has 23 heavy (non-hydrogen) atoms. The van der Waals surface area contributed by atoms with Gasteiger partial charge in [0.05, 0.1) is 26.1 Å². The van der Waals surface area contributed by atoms with Crippen LogP contribution in [0.15, 0.2) is 55.0 Å². The number of methoxy groups -OCH3 is 1. The highest BCUT2D eigenvalue weighted by molar-refractivity contribution is 5.30. The fourth-order valence-electron chi connectivity index (χ4n) is 2.05. The maximum Gasteiger partial charge on any atom is 0.153 e. The van der Waals surface area contributed by atoms with E-state index in [0.29, 0.717) is 18.2 Å². The van der Waals surface area contributed by atoms with Gasteiger partial charge < -0.3 is 14.6 Å².